The summed E-state index contributed by atoms with van der Waals surface area (Å²) in [5.41, 5.74) is 0.427. The number of nitrogens with one attached hydrogen (secondary N) is 7. The van der Waals surface area contributed by atoms with Crippen LogP contribution in [0, 0.1) is 17.8 Å². The SMILES string of the molecule is CCCC[C@H](NC[C@H](CC(C)C)NC(=O)[C@H](CCC)NC(=O)[C@@H](NC(=O)c1cc[nH+]cc1)[C@@H](C)CC)C(=O)N[C@H](C(=O)NCC)C(C)C. The molecule has 272 valence electrons. The topological polar surface area (TPSA) is 172 Å². The lowest BCUT2D eigenvalue weighted by atomic mass is 9.97. The molecule has 0 saturated carbocycles. The lowest BCUT2D eigenvalue weighted by Crippen LogP contribution is -2.58. The molecule has 0 aliphatic rings. The maximum Gasteiger partial charge on any atom is 0.252 e. The van der Waals surface area contributed by atoms with Crippen LogP contribution in [0.5, 0.6) is 0 Å². The van der Waals surface area contributed by atoms with E-state index in [4.69, 9.17) is 0 Å². The number of amides is 5. The maximum absolute atomic E-state index is 13.7. The summed E-state index contributed by atoms with van der Waals surface area (Å²) in [6, 6.07) is 0.159. The van der Waals surface area contributed by atoms with Gasteiger partial charge in [0.25, 0.3) is 5.91 Å². The van der Waals surface area contributed by atoms with Crippen LogP contribution < -0.4 is 36.9 Å². The Bertz CT molecular complexity index is 1130. The zero-order valence-corrected chi connectivity index (χ0v) is 30.8. The third-order valence-corrected chi connectivity index (χ3v) is 8.45. The molecule has 0 unspecified atom stereocenters. The molecule has 0 saturated heterocycles. The number of pyridine rings is 1. The molecule has 48 heavy (non-hydrogen) atoms. The van der Waals surface area contributed by atoms with E-state index in [1.54, 1.807) is 24.5 Å². The fraction of sp³-hybridized carbons (Fsp3) is 0.722. The predicted octanol–water partition coefficient (Wildman–Crippen LogP) is 2.89. The summed E-state index contributed by atoms with van der Waals surface area (Å²) in [6.45, 7) is 18.4. The second-order valence-corrected chi connectivity index (χ2v) is 13.5. The van der Waals surface area contributed by atoms with Gasteiger partial charge in [0, 0.05) is 31.3 Å². The van der Waals surface area contributed by atoms with Crippen molar-refractivity contribution in [1.82, 2.24) is 31.9 Å². The van der Waals surface area contributed by atoms with Crippen LogP contribution in [0.1, 0.15) is 118 Å². The standard InChI is InChI=1S/C36H63N7O5/c1-10-14-16-28(33(45)42-30(24(7)8)35(47)38-13-4)39-22-27(21-23(5)6)40-34(46)29(15-11-2)41-36(48)31(25(9)12-3)43-32(44)26-17-19-37-20-18-26/h17-20,23-25,27-31,39H,10-16,21-22H2,1-9H3,(H,38,47)(H,40,46)(H,41,48)(H,42,45)(H,43,44)/p+1/t25-,27-,28-,29-,30-,31-/m0/s1. The number of aromatic nitrogens is 1. The maximum atomic E-state index is 13.7. The van der Waals surface area contributed by atoms with Gasteiger partial charge in [-0.15, -0.1) is 0 Å². The van der Waals surface area contributed by atoms with Crippen LogP contribution in [-0.2, 0) is 19.2 Å². The molecule has 0 fully saturated rings. The number of hydrogen-bond acceptors (Lipinski definition) is 6. The van der Waals surface area contributed by atoms with E-state index < -0.39 is 30.1 Å². The Kier molecular flexibility index (Phi) is 20.3. The van der Waals surface area contributed by atoms with Gasteiger partial charge in [0.15, 0.2) is 12.4 Å². The Morgan fingerprint density at radius 3 is 1.90 bits per heavy atom. The highest BCUT2D eigenvalue weighted by atomic mass is 16.2. The van der Waals surface area contributed by atoms with Crippen LogP contribution in [0.4, 0.5) is 0 Å². The predicted molar refractivity (Wildman–Crippen MR) is 189 cm³/mol. The van der Waals surface area contributed by atoms with Gasteiger partial charge in [-0.3, -0.25) is 24.0 Å². The summed E-state index contributed by atoms with van der Waals surface area (Å²) in [7, 11) is 0. The lowest BCUT2D eigenvalue weighted by molar-refractivity contribution is -0.378. The highest BCUT2D eigenvalue weighted by Gasteiger charge is 2.32. The number of rotatable bonds is 23. The minimum Gasteiger partial charge on any atom is -0.355 e. The van der Waals surface area contributed by atoms with Crippen molar-refractivity contribution in [3.8, 4) is 0 Å². The van der Waals surface area contributed by atoms with Crippen molar-refractivity contribution >= 4 is 29.5 Å². The zero-order valence-electron chi connectivity index (χ0n) is 30.8. The second kappa shape index (κ2) is 22.9. The van der Waals surface area contributed by atoms with Gasteiger partial charge in [0.1, 0.15) is 18.1 Å². The van der Waals surface area contributed by atoms with Crippen LogP contribution in [0.3, 0.4) is 0 Å². The van der Waals surface area contributed by atoms with E-state index in [1.165, 1.54) is 0 Å². The first-order valence-electron chi connectivity index (χ1n) is 18.0. The van der Waals surface area contributed by atoms with Gasteiger partial charge in [-0.1, -0.05) is 81.1 Å². The third-order valence-electron chi connectivity index (χ3n) is 8.45. The molecule has 0 radical (unpaired) electrons. The van der Waals surface area contributed by atoms with Crippen molar-refractivity contribution in [3.05, 3.63) is 30.1 Å². The van der Waals surface area contributed by atoms with Gasteiger partial charge in [-0.05, 0) is 43.9 Å². The van der Waals surface area contributed by atoms with Crippen molar-refractivity contribution in [1.29, 1.82) is 0 Å². The minimum atomic E-state index is -0.820. The highest BCUT2D eigenvalue weighted by molar-refractivity contribution is 5.98. The first kappa shape index (κ1) is 42.5. The van der Waals surface area contributed by atoms with Crippen molar-refractivity contribution in [2.45, 2.75) is 137 Å². The summed E-state index contributed by atoms with van der Waals surface area (Å²) >= 11 is 0. The summed E-state index contributed by atoms with van der Waals surface area (Å²) in [6.07, 6.45) is 7.99. The van der Waals surface area contributed by atoms with E-state index in [0.29, 0.717) is 50.8 Å². The largest absolute Gasteiger partial charge is 0.355 e. The molecule has 7 N–H and O–H groups in total. The molecule has 1 aromatic rings. The van der Waals surface area contributed by atoms with E-state index in [2.05, 4.69) is 57.7 Å². The van der Waals surface area contributed by atoms with Gasteiger partial charge >= 0.3 is 0 Å². The Morgan fingerprint density at radius 1 is 0.708 bits per heavy atom. The number of H-pyrrole nitrogens is 1. The molecule has 1 aromatic heterocycles. The first-order chi connectivity index (χ1) is 22.8. The molecule has 0 aliphatic heterocycles. The van der Waals surface area contributed by atoms with Crippen LogP contribution in [-0.4, -0.2) is 72.8 Å². The van der Waals surface area contributed by atoms with E-state index in [1.807, 2.05) is 41.5 Å². The molecular weight excluding hydrogens is 610 g/mol. The third kappa shape index (κ3) is 15.1. The smallest absolute Gasteiger partial charge is 0.252 e. The summed E-state index contributed by atoms with van der Waals surface area (Å²) in [5, 5.41) is 18.0. The van der Waals surface area contributed by atoms with E-state index in [0.717, 1.165) is 12.8 Å². The van der Waals surface area contributed by atoms with Gasteiger partial charge in [-0.25, -0.2) is 4.98 Å². The molecule has 12 heteroatoms. The molecule has 0 spiro atoms. The van der Waals surface area contributed by atoms with Gasteiger partial charge in [0.2, 0.25) is 23.6 Å². The molecular formula is C36H64N7O5+. The second-order valence-electron chi connectivity index (χ2n) is 13.5. The summed E-state index contributed by atoms with van der Waals surface area (Å²) < 4.78 is 0. The van der Waals surface area contributed by atoms with Crippen LogP contribution in [0.15, 0.2) is 24.5 Å². The Labute approximate surface area is 288 Å². The van der Waals surface area contributed by atoms with Gasteiger partial charge in [-0.2, -0.15) is 0 Å². The Balaban J connectivity index is 3.09. The number of unbranched alkanes of at least 4 members (excludes halogenated alkanes) is 1. The monoisotopic (exact) mass is 674 g/mol. The van der Waals surface area contributed by atoms with Crippen LogP contribution >= 0.6 is 0 Å². The number of carbonyl (C=O) groups excluding carboxylic acids is 5. The number of likely N-dealkylation sites (N-methyl/N-ethyl adjacent to an activating group) is 1. The van der Waals surface area contributed by atoms with E-state index >= 15 is 0 Å². The van der Waals surface area contributed by atoms with Crippen molar-refractivity contribution in [3.63, 3.8) is 0 Å². The van der Waals surface area contributed by atoms with Crippen molar-refractivity contribution in [2.24, 2.45) is 17.8 Å². The van der Waals surface area contributed by atoms with Crippen molar-refractivity contribution < 1.29 is 29.0 Å². The fourth-order valence-electron chi connectivity index (χ4n) is 5.44. The average molecular weight is 675 g/mol. The highest BCUT2D eigenvalue weighted by Crippen LogP contribution is 2.12. The number of aromatic amines is 1. The lowest BCUT2D eigenvalue weighted by Gasteiger charge is -2.29. The summed E-state index contributed by atoms with van der Waals surface area (Å²) in [5.74, 6) is -1.53. The van der Waals surface area contributed by atoms with Crippen molar-refractivity contribution in [2.75, 3.05) is 13.1 Å². The average Bonchev–Trinajstić information content (AvgIpc) is 3.05. The molecule has 0 aliphatic carbocycles. The van der Waals surface area contributed by atoms with Crippen LogP contribution in [0.25, 0.3) is 0 Å². The molecule has 0 aromatic carbocycles. The quantitative estimate of drug-likeness (QED) is 0.104. The van der Waals surface area contributed by atoms with Crippen LogP contribution in [0.2, 0.25) is 0 Å². The Hall–Kier alpha value is -3.54. The molecule has 1 rings (SSSR count). The minimum absolute atomic E-state index is 0.0868. The van der Waals surface area contributed by atoms with Gasteiger partial charge in [0.05, 0.1) is 11.6 Å². The van der Waals surface area contributed by atoms with E-state index in [-0.39, 0.29) is 47.4 Å². The normalized spacial score (nSPS) is 15.1. The molecule has 6 atom stereocenters. The van der Waals surface area contributed by atoms with Gasteiger partial charge < -0.3 is 31.9 Å². The number of carbonyl (C=O) groups is 5. The number of hydrogen-bond donors (Lipinski definition) is 6. The fourth-order valence-corrected chi connectivity index (χ4v) is 5.44. The Morgan fingerprint density at radius 2 is 1.35 bits per heavy atom. The summed E-state index contributed by atoms with van der Waals surface area (Å²) in [4.78, 5) is 69.2. The molecule has 5 amide bonds. The molecule has 0 bridgehead atoms. The molecule has 12 nitrogen and oxygen atoms in total. The van der Waals surface area contributed by atoms with E-state index in [9.17, 15) is 24.0 Å². The molecule has 1 heterocycles. The zero-order chi connectivity index (χ0) is 36.2. The first-order valence-corrected chi connectivity index (χ1v) is 18.0.